The smallest absolute Gasteiger partial charge is 0.330 e. The van der Waals surface area contributed by atoms with Gasteiger partial charge in [0.2, 0.25) is 0 Å². The largest absolute Gasteiger partial charge is 0.459 e. The van der Waals surface area contributed by atoms with E-state index in [1.165, 1.54) is 12.5 Å². The van der Waals surface area contributed by atoms with E-state index in [1.54, 1.807) is 0 Å². The van der Waals surface area contributed by atoms with Crippen LogP contribution >= 0.6 is 0 Å². The maximum absolute atomic E-state index is 11.6. The second-order valence-electron chi connectivity index (χ2n) is 8.34. The number of esters is 1. The molecule has 2 heteroatoms. The van der Waals surface area contributed by atoms with Crippen molar-refractivity contribution in [3.63, 3.8) is 0 Å². The van der Waals surface area contributed by atoms with E-state index < -0.39 is 0 Å². The zero-order valence-corrected chi connectivity index (χ0v) is 14.2. The van der Waals surface area contributed by atoms with Crippen molar-refractivity contribution in [2.45, 2.75) is 73.3 Å². The second-order valence-corrected chi connectivity index (χ2v) is 8.34. The van der Waals surface area contributed by atoms with Gasteiger partial charge in [-0.15, -0.1) is 0 Å². The van der Waals surface area contributed by atoms with Gasteiger partial charge in [-0.05, 0) is 41.9 Å². The minimum atomic E-state index is -0.275. The number of ether oxygens (including phenoxy) is 1. The highest BCUT2D eigenvalue weighted by atomic mass is 16.5. The zero-order valence-electron chi connectivity index (χ0n) is 14.2. The fourth-order valence-electron chi connectivity index (χ4n) is 4.43. The normalized spacial score (nSPS) is 24.6. The van der Waals surface area contributed by atoms with Crippen LogP contribution in [0.5, 0.6) is 0 Å². The Morgan fingerprint density at radius 1 is 1.10 bits per heavy atom. The fourth-order valence-corrected chi connectivity index (χ4v) is 4.43. The summed E-state index contributed by atoms with van der Waals surface area (Å²) in [6, 6.07) is 0. The summed E-state index contributed by atoms with van der Waals surface area (Å²) in [5.74, 6) is 0.703. The Labute approximate surface area is 125 Å². The van der Waals surface area contributed by atoms with E-state index in [9.17, 15) is 4.79 Å². The average molecular weight is 280 g/mol. The van der Waals surface area contributed by atoms with Gasteiger partial charge in [0.15, 0.2) is 0 Å². The van der Waals surface area contributed by atoms with Crippen molar-refractivity contribution >= 4 is 5.97 Å². The van der Waals surface area contributed by atoms with Crippen molar-refractivity contribution in [2.24, 2.45) is 22.7 Å². The predicted molar refractivity (Wildman–Crippen MR) is 84.4 cm³/mol. The van der Waals surface area contributed by atoms with E-state index in [0.29, 0.717) is 11.8 Å². The van der Waals surface area contributed by atoms with Crippen molar-refractivity contribution in [2.75, 3.05) is 0 Å². The first kappa shape index (κ1) is 17.3. The van der Waals surface area contributed by atoms with E-state index >= 15 is 0 Å². The van der Waals surface area contributed by atoms with Crippen LogP contribution in [-0.4, -0.2) is 12.1 Å². The summed E-state index contributed by atoms with van der Waals surface area (Å²) in [5, 5.41) is 0. The third-order valence-corrected chi connectivity index (χ3v) is 4.48. The lowest BCUT2D eigenvalue weighted by Gasteiger charge is -2.49. The Balaban J connectivity index is 3.01. The lowest BCUT2D eigenvalue weighted by Crippen LogP contribution is -2.45. The molecule has 0 saturated heterocycles. The van der Waals surface area contributed by atoms with Gasteiger partial charge in [-0.3, -0.25) is 0 Å². The highest BCUT2D eigenvalue weighted by Gasteiger charge is 2.45. The van der Waals surface area contributed by atoms with Gasteiger partial charge in [0.25, 0.3) is 0 Å². The summed E-state index contributed by atoms with van der Waals surface area (Å²) in [6.45, 7) is 17.4. The molecule has 0 radical (unpaired) electrons. The van der Waals surface area contributed by atoms with Crippen molar-refractivity contribution in [3.05, 3.63) is 12.7 Å². The van der Waals surface area contributed by atoms with Crippen LogP contribution < -0.4 is 0 Å². The summed E-state index contributed by atoms with van der Waals surface area (Å²) >= 11 is 0. The quantitative estimate of drug-likeness (QED) is 0.538. The summed E-state index contributed by atoms with van der Waals surface area (Å²) < 4.78 is 5.67. The average Bonchev–Trinajstić information content (AvgIpc) is 2.27. The highest BCUT2D eigenvalue weighted by Crippen LogP contribution is 2.49. The van der Waals surface area contributed by atoms with Crippen molar-refractivity contribution < 1.29 is 9.53 Å². The van der Waals surface area contributed by atoms with Gasteiger partial charge >= 0.3 is 5.97 Å². The van der Waals surface area contributed by atoms with Gasteiger partial charge in [-0.2, -0.15) is 0 Å². The summed E-state index contributed by atoms with van der Waals surface area (Å²) in [4.78, 5) is 11.6. The molecule has 0 aromatic carbocycles. The van der Waals surface area contributed by atoms with Crippen molar-refractivity contribution in [1.29, 1.82) is 0 Å². The molecule has 20 heavy (non-hydrogen) atoms. The minimum Gasteiger partial charge on any atom is -0.459 e. The van der Waals surface area contributed by atoms with Crippen LogP contribution in [0, 0.1) is 22.7 Å². The van der Waals surface area contributed by atoms with Crippen LogP contribution in [0.3, 0.4) is 0 Å². The molecule has 1 saturated carbocycles. The molecule has 0 N–H and O–H groups in total. The second kappa shape index (κ2) is 6.32. The first-order valence-corrected chi connectivity index (χ1v) is 7.90. The Hall–Kier alpha value is -0.790. The van der Waals surface area contributed by atoms with Crippen LogP contribution in [0.2, 0.25) is 0 Å². The lowest BCUT2D eigenvalue weighted by molar-refractivity contribution is -0.153. The molecular weight excluding hydrogens is 248 g/mol. The maximum atomic E-state index is 11.6. The number of hydrogen-bond donors (Lipinski definition) is 0. The van der Waals surface area contributed by atoms with Crippen molar-refractivity contribution in [1.82, 2.24) is 0 Å². The van der Waals surface area contributed by atoms with Crippen LogP contribution in [-0.2, 0) is 9.53 Å². The van der Waals surface area contributed by atoms with E-state index in [1.807, 2.05) is 0 Å². The Morgan fingerprint density at radius 3 is 2.05 bits per heavy atom. The summed E-state index contributed by atoms with van der Waals surface area (Å²) in [6.07, 6.45) is 5.90. The van der Waals surface area contributed by atoms with Gasteiger partial charge in [0, 0.05) is 6.08 Å². The Morgan fingerprint density at radius 2 is 1.60 bits per heavy atom. The molecule has 2 atom stereocenters. The minimum absolute atomic E-state index is 0.0534. The van der Waals surface area contributed by atoms with E-state index in [4.69, 9.17) is 4.74 Å². The molecule has 2 nitrogen and oxygen atoms in total. The van der Waals surface area contributed by atoms with Crippen LogP contribution in [0.4, 0.5) is 0 Å². The topological polar surface area (TPSA) is 26.3 Å². The summed E-state index contributed by atoms with van der Waals surface area (Å²) in [5.41, 5.74) is 0.415. The molecule has 0 bridgehead atoms. The molecule has 116 valence electrons. The first-order chi connectivity index (χ1) is 9.07. The van der Waals surface area contributed by atoms with Gasteiger partial charge in [-0.1, -0.05) is 54.5 Å². The monoisotopic (exact) mass is 280 g/mol. The van der Waals surface area contributed by atoms with Gasteiger partial charge in [0.05, 0.1) is 0 Å². The van der Waals surface area contributed by atoms with E-state index in [-0.39, 0.29) is 22.9 Å². The first-order valence-electron chi connectivity index (χ1n) is 7.90. The van der Waals surface area contributed by atoms with Gasteiger partial charge in [0.1, 0.15) is 6.10 Å². The zero-order chi connectivity index (χ0) is 15.6. The van der Waals surface area contributed by atoms with E-state index in [0.717, 1.165) is 19.3 Å². The molecule has 0 heterocycles. The number of carbonyl (C=O) groups excluding carboxylic acids is 1. The van der Waals surface area contributed by atoms with Crippen LogP contribution in [0.25, 0.3) is 0 Å². The lowest BCUT2D eigenvalue weighted by atomic mass is 9.58. The molecule has 0 aromatic heterocycles. The Kier molecular flexibility index (Phi) is 5.46. The third-order valence-electron chi connectivity index (χ3n) is 4.48. The van der Waals surface area contributed by atoms with Gasteiger partial charge < -0.3 is 4.74 Å². The molecule has 0 aliphatic heterocycles. The third kappa shape index (κ3) is 4.36. The number of carbonyl (C=O) groups is 1. The Bertz CT molecular complexity index is 329. The highest BCUT2D eigenvalue weighted by molar-refractivity contribution is 5.81. The molecule has 1 aliphatic rings. The predicted octanol–water partition coefficient (Wildman–Crippen LogP) is 4.98. The SMILES string of the molecule is C=CC(=O)OC1CCCCC1C(C(C)(C)C)C(C)(C)C. The maximum Gasteiger partial charge on any atom is 0.330 e. The fraction of sp³-hybridized carbons (Fsp3) is 0.833. The number of rotatable bonds is 3. The molecule has 0 amide bonds. The molecule has 2 unspecified atom stereocenters. The molecule has 1 rings (SSSR count). The number of hydrogen-bond acceptors (Lipinski definition) is 2. The molecular formula is C18H32O2. The van der Waals surface area contributed by atoms with E-state index in [2.05, 4.69) is 48.1 Å². The van der Waals surface area contributed by atoms with Crippen LogP contribution in [0.1, 0.15) is 67.2 Å². The molecule has 1 fully saturated rings. The molecule has 0 spiro atoms. The molecule has 0 aromatic rings. The summed E-state index contributed by atoms with van der Waals surface area (Å²) in [7, 11) is 0. The van der Waals surface area contributed by atoms with Crippen LogP contribution in [0.15, 0.2) is 12.7 Å². The van der Waals surface area contributed by atoms with Crippen molar-refractivity contribution in [3.8, 4) is 0 Å². The van der Waals surface area contributed by atoms with Gasteiger partial charge in [-0.25, -0.2) is 4.79 Å². The standard InChI is InChI=1S/C18H32O2/c1-8-15(19)20-14-12-10-9-11-13(14)16(17(2,3)4)18(5,6)7/h8,13-14,16H,1,9-12H2,2-7H3. The molecule has 1 aliphatic carbocycles.